The average Bonchev–Trinajstić information content (AvgIpc) is 3.32. The second-order valence-electron chi connectivity index (χ2n) is 6.09. The van der Waals surface area contributed by atoms with Crippen molar-refractivity contribution in [1.29, 1.82) is 0 Å². The molecular formula is C17H20N4O2S. The van der Waals surface area contributed by atoms with Crippen LogP contribution in [0.3, 0.4) is 0 Å². The summed E-state index contributed by atoms with van der Waals surface area (Å²) in [6.45, 7) is 4.49. The number of furan rings is 1. The predicted octanol–water partition coefficient (Wildman–Crippen LogP) is 2.86. The number of likely N-dealkylation sites (tertiary alicyclic amines) is 1. The van der Waals surface area contributed by atoms with Crippen molar-refractivity contribution in [3.05, 3.63) is 47.1 Å². The molecule has 24 heavy (non-hydrogen) atoms. The molecule has 1 aliphatic rings. The van der Waals surface area contributed by atoms with Crippen LogP contribution in [0.15, 0.2) is 34.4 Å². The van der Waals surface area contributed by atoms with Crippen LogP contribution in [0.5, 0.6) is 0 Å². The molecule has 0 aliphatic carbocycles. The highest BCUT2D eigenvalue weighted by molar-refractivity contribution is 7.15. The summed E-state index contributed by atoms with van der Waals surface area (Å²) in [4.78, 5) is 20.4. The van der Waals surface area contributed by atoms with Crippen molar-refractivity contribution in [2.75, 3.05) is 19.6 Å². The van der Waals surface area contributed by atoms with Gasteiger partial charge in [-0.05, 0) is 45.0 Å². The fourth-order valence-corrected chi connectivity index (χ4v) is 4.14. The summed E-state index contributed by atoms with van der Waals surface area (Å²) in [6, 6.07) is 3.96. The number of imidazole rings is 1. The average molecular weight is 344 g/mol. The van der Waals surface area contributed by atoms with Crippen LogP contribution >= 0.6 is 11.3 Å². The minimum atomic E-state index is -0.0887. The minimum absolute atomic E-state index is 0.0812. The zero-order valence-electron chi connectivity index (χ0n) is 13.6. The molecule has 7 heteroatoms. The lowest BCUT2D eigenvalue weighted by Gasteiger charge is -2.25. The monoisotopic (exact) mass is 344 g/mol. The third-order valence-electron chi connectivity index (χ3n) is 4.56. The zero-order chi connectivity index (χ0) is 16.5. The second-order valence-corrected chi connectivity index (χ2v) is 6.96. The molecule has 1 atom stereocenters. The van der Waals surface area contributed by atoms with Crippen LogP contribution in [0.25, 0.3) is 4.96 Å². The van der Waals surface area contributed by atoms with Crippen LogP contribution < -0.4 is 5.32 Å². The molecule has 1 saturated heterocycles. The van der Waals surface area contributed by atoms with E-state index >= 15 is 0 Å². The Labute approximate surface area is 144 Å². The predicted molar refractivity (Wildman–Crippen MR) is 92.4 cm³/mol. The summed E-state index contributed by atoms with van der Waals surface area (Å²) < 4.78 is 7.46. The van der Waals surface area contributed by atoms with E-state index in [1.807, 2.05) is 35.0 Å². The van der Waals surface area contributed by atoms with Crippen molar-refractivity contribution in [2.24, 2.45) is 0 Å². The number of nitrogens with zero attached hydrogens (tertiary/aromatic N) is 3. The molecule has 0 radical (unpaired) electrons. The van der Waals surface area contributed by atoms with Crippen molar-refractivity contribution in [3.63, 3.8) is 0 Å². The molecule has 6 nitrogen and oxygen atoms in total. The molecule has 1 aliphatic heterocycles. The Kier molecular flexibility index (Phi) is 4.12. The Bertz CT molecular complexity index is 830. The largest absolute Gasteiger partial charge is 0.468 e. The fourth-order valence-electron chi connectivity index (χ4n) is 3.38. The molecule has 0 bridgehead atoms. The van der Waals surface area contributed by atoms with Gasteiger partial charge < -0.3 is 9.73 Å². The molecule has 3 aromatic rings. The van der Waals surface area contributed by atoms with Gasteiger partial charge in [-0.1, -0.05) is 0 Å². The Hall–Kier alpha value is -2.12. The fraction of sp³-hybridized carbons (Fsp3) is 0.412. The van der Waals surface area contributed by atoms with E-state index in [-0.39, 0.29) is 11.9 Å². The van der Waals surface area contributed by atoms with E-state index in [0.29, 0.717) is 12.2 Å². The zero-order valence-corrected chi connectivity index (χ0v) is 14.4. The number of nitrogens with one attached hydrogen (secondary N) is 1. The van der Waals surface area contributed by atoms with E-state index < -0.39 is 0 Å². The van der Waals surface area contributed by atoms with E-state index in [1.54, 1.807) is 6.26 Å². The van der Waals surface area contributed by atoms with E-state index in [0.717, 1.165) is 29.5 Å². The number of aryl methyl sites for hydroxylation is 1. The molecule has 4 heterocycles. The van der Waals surface area contributed by atoms with E-state index in [9.17, 15) is 4.79 Å². The quantitative estimate of drug-likeness (QED) is 0.773. The molecular weight excluding hydrogens is 324 g/mol. The van der Waals surface area contributed by atoms with Crippen LogP contribution in [-0.2, 0) is 0 Å². The number of fused-ring (bicyclic) bond motifs is 1. The highest BCUT2D eigenvalue weighted by Gasteiger charge is 2.27. The van der Waals surface area contributed by atoms with Gasteiger partial charge in [-0.3, -0.25) is 14.1 Å². The number of carbonyl (C=O) groups is 1. The first-order valence-corrected chi connectivity index (χ1v) is 9.10. The van der Waals surface area contributed by atoms with Gasteiger partial charge in [-0.2, -0.15) is 0 Å². The van der Waals surface area contributed by atoms with Gasteiger partial charge in [0.1, 0.15) is 11.5 Å². The summed E-state index contributed by atoms with van der Waals surface area (Å²) in [5.74, 6) is 0.817. The number of rotatable bonds is 5. The van der Waals surface area contributed by atoms with Gasteiger partial charge in [-0.15, -0.1) is 11.3 Å². The first kappa shape index (κ1) is 15.4. The maximum atomic E-state index is 12.7. The van der Waals surface area contributed by atoms with Gasteiger partial charge in [-0.25, -0.2) is 4.98 Å². The minimum Gasteiger partial charge on any atom is -0.468 e. The number of amides is 1. The summed E-state index contributed by atoms with van der Waals surface area (Å²) in [5, 5.41) is 5.02. The van der Waals surface area contributed by atoms with Crippen molar-refractivity contribution < 1.29 is 9.21 Å². The Morgan fingerprint density at radius 2 is 2.29 bits per heavy atom. The van der Waals surface area contributed by atoms with Crippen molar-refractivity contribution in [2.45, 2.75) is 25.8 Å². The van der Waals surface area contributed by atoms with Crippen LogP contribution in [0.2, 0.25) is 0 Å². The molecule has 1 N–H and O–H groups in total. The molecule has 1 fully saturated rings. The first-order valence-electron chi connectivity index (χ1n) is 8.22. The maximum absolute atomic E-state index is 12.7. The summed E-state index contributed by atoms with van der Waals surface area (Å²) in [6.07, 6.45) is 5.97. The van der Waals surface area contributed by atoms with Gasteiger partial charge in [0.15, 0.2) is 4.96 Å². The highest BCUT2D eigenvalue weighted by Crippen LogP contribution is 2.25. The van der Waals surface area contributed by atoms with Crippen LogP contribution in [0, 0.1) is 6.92 Å². The molecule has 0 aromatic carbocycles. The van der Waals surface area contributed by atoms with Gasteiger partial charge in [0.05, 0.1) is 18.0 Å². The lowest BCUT2D eigenvalue weighted by molar-refractivity contribution is 0.0927. The van der Waals surface area contributed by atoms with Crippen LogP contribution in [0.4, 0.5) is 0 Å². The topological polar surface area (TPSA) is 62.8 Å². The van der Waals surface area contributed by atoms with Crippen molar-refractivity contribution in [3.8, 4) is 0 Å². The van der Waals surface area contributed by atoms with E-state index in [2.05, 4.69) is 15.2 Å². The summed E-state index contributed by atoms with van der Waals surface area (Å²) in [5.41, 5.74) is 1.38. The maximum Gasteiger partial charge on any atom is 0.270 e. The Balaban J connectivity index is 1.52. The SMILES string of the molecule is Cc1nc2sccn2c1C(=O)NC[C@H](c1ccco1)N1CCCC1. The Morgan fingerprint density at radius 3 is 3.04 bits per heavy atom. The molecule has 4 rings (SSSR count). The molecule has 0 spiro atoms. The second kappa shape index (κ2) is 6.41. The molecule has 3 aromatic heterocycles. The van der Waals surface area contributed by atoms with Gasteiger partial charge in [0, 0.05) is 18.1 Å². The van der Waals surface area contributed by atoms with Gasteiger partial charge in [0.25, 0.3) is 5.91 Å². The third kappa shape index (κ3) is 2.74. The standard InChI is InChI=1S/C17H20N4O2S/c1-12-15(21-8-10-24-17(21)19-12)16(22)18-11-13(14-5-4-9-23-14)20-6-2-3-7-20/h4-5,8-10,13H,2-3,6-7,11H2,1H3,(H,18,22)/t13-/m1/s1. The lowest BCUT2D eigenvalue weighted by Crippen LogP contribution is -2.37. The van der Waals surface area contributed by atoms with Gasteiger partial charge >= 0.3 is 0 Å². The molecule has 126 valence electrons. The molecule has 0 unspecified atom stereocenters. The van der Waals surface area contributed by atoms with Gasteiger partial charge in [0.2, 0.25) is 0 Å². The van der Waals surface area contributed by atoms with E-state index in [4.69, 9.17) is 4.42 Å². The van der Waals surface area contributed by atoms with Crippen LogP contribution in [-0.4, -0.2) is 39.8 Å². The number of hydrogen-bond acceptors (Lipinski definition) is 5. The molecule has 1 amide bonds. The highest BCUT2D eigenvalue weighted by atomic mass is 32.1. The summed E-state index contributed by atoms with van der Waals surface area (Å²) in [7, 11) is 0. The number of hydrogen-bond donors (Lipinski definition) is 1. The number of thiazole rings is 1. The molecule has 0 saturated carbocycles. The van der Waals surface area contributed by atoms with Crippen molar-refractivity contribution in [1.82, 2.24) is 19.6 Å². The lowest BCUT2D eigenvalue weighted by atomic mass is 10.2. The van der Waals surface area contributed by atoms with Crippen LogP contribution in [0.1, 0.15) is 40.8 Å². The Morgan fingerprint density at radius 1 is 1.46 bits per heavy atom. The number of aromatic nitrogens is 2. The first-order chi connectivity index (χ1) is 11.7. The smallest absolute Gasteiger partial charge is 0.270 e. The third-order valence-corrected chi connectivity index (χ3v) is 5.32. The van der Waals surface area contributed by atoms with Crippen molar-refractivity contribution >= 4 is 22.2 Å². The normalized spacial score (nSPS) is 16.7. The summed E-state index contributed by atoms with van der Waals surface area (Å²) >= 11 is 1.53. The number of carbonyl (C=O) groups excluding carboxylic acids is 1. The van der Waals surface area contributed by atoms with E-state index in [1.165, 1.54) is 24.2 Å².